The number of methoxy groups -OCH3 is 1. The SMILES string of the molecule is COC(=O)c1cc(F)c(C)c(NCc2nnc(C(C)(C)C)o2)c1. The molecule has 124 valence electrons. The summed E-state index contributed by atoms with van der Waals surface area (Å²) in [7, 11) is 1.25. The van der Waals surface area contributed by atoms with E-state index in [9.17, 15) is 9.18 Å². The van der Waals surface area contributed by atoms with Gasteiger partial charge in [0.15, 0.2) is 0 Å². The van der Waals surface area contributed by atoms with Crippen molar-refractivity contribution in [2.24, 2.45) is 0 Å². The molecule has 0 spiro atoms. The molecule has 0 bridgehead atoms. The number of aromatic nitrogens is 2. The van der Waals surface area contributed by atoms with Crippen LogP contribution >= 0.6 is 0 Å². The van der Waals surface area contributed by atoms with E-state index >= 15 is 0 Å². The first-order valence-electron chi connectivity index (χ1n) is 7.17. The van der Waals surface area contributed by atoms with Gasteiger partial charge in [0.1, 0.15) is 5.82 Å². The molecular formula is C16H20FN3O3. The highest BCUT2D eigenvalue weighted by atomic mass is 19.1. The highest BCUT2D eigenvalue weighted by molar-refractivity contribution is 5.90. The summed E-state index contributed by atoms with van der Waals surface area (Å²) in [6.45, 7) is 7.76. The van der Waals surface area contributed by atoms with Gasteiger partial charge in [-0.25, -0.2) is 9.18 Å². The zero-order valence-electron chi connectivity index (χ0n) is 13.9. The van der Waals surface area contributed by atoms with Crippen molar-refractivity contribution in [3.05, 3.63) is 40.9 Å². The lowest BCUT2D eigenvalue weighted by atomic mass is 9.97. The Balaban J connectivity index is 2.18. The molecule has 7 heteroatoms. The highest BCUT2D eigenvalue weighted by Crippen LogP contribution is 2.23. The van der Waals surface area contributed by atoms with Crippen molar-refractivity contribution >= 4 is 11.7 Å². The minimum absolute atomic E-state index is 0.138. The third-order valence-corrected chi connectivity index (χ3v) is 3.30. The third-order valence-electron chi connectivity index (χ3n) is 3.30. The molecule has 1 heterocycles. The average molecular weight is 321 g/mol. The molecule has 0 aliphatic heterocycles. The van der Waals surface area contributed by atoms with Crippen LogP contribution in [0.4, 0.5) is 10.1 Å². The van der Waals surface area contributed by atoms with E-state index in [1.165, 1.54) is 13.2 Å². The van der Waals surface area contributed by atoms with Gasteiger partial charge in [0.25, 0.3) is 0 Å². The second-order valence-corrected chi connectivity index (χ2v) is 6.23. The molecule has 0 saturated carbocycles. The fraction of sp³-hybridized carbons (Fsp3) is 0.438. The van der Waals surface area contributed by atoms with Crippen LogP contribution in [0.3, 0.4) is 0 Å². The van der Waals surface area contributed by atoms with E-state index in [0.29, 0.717) is 23.0 Å². The number of carbonyl (C=O) groups is 1. The average Bonchev–Trinajstić information content (AvgIpc) is 2.96. The summed E-state index contributed by atoms with van der Waals surface area (Å²) < 4.78 is 24.1. The van der Waals surface area contributed by atoms with Gasteiger partial charge in [-0.2, -0.15) is 0 Å². The van der Waals surface area contributed by atoms with Gasteiger partial charge in [0, 0.05) is 16.7 Å². The number of ether oxygens (including phenoxy) is 1. The minimum Gasteiger partial charge on any atom is -0.465 e. The molecule has 0 unspecified atom stereocenters. The normalized spacial score (nSPS) is 11.4. The summed E-state index contributed by atoms with van der Waals surface area (Å²) in [6, 6.07) is 2.68. The summed E-state index contributed by atoms with van der Waals surface area (Å²) >= 11 is 0. The first-order chi connectivity index (χ1) is 10.7. The molecule has 6 nitrogen and oxygen atoms in total. The number of esters is 1. The van der Waals surface area contributed by atoms with Crippen LogP contribution in [-0.2, 0) is 16.7 Å². The van der Waals surface area contributed by atoms with E-state index in [-0.39, 0.29) is 17.5 Å². The Bertz CT molecular complexity index is 720. The van der Waals surface area contributed by atoms with Gasteiger partial charge < -0.3 is 14.5 Å². The molecule has 0 saturated heterocycles. The van der Waals surface area contributed by atoms with Crippen LogP contribution in [0.5, 0.6) is 0 Å². The van der Waals surface area contributed by atoms with E-state index in [1.807, 2.05) is 20.8 Å². The van der Waals surface area contributed by atoms with E-state index in [4.69, 9.17) is 4.42 Å². The first kappa shape index (κ1) is 16.9. The number of carbonyl (C=O) groups excluding carboxylic acids is 1. The van der Waals surface area contributed by atoms with Crippen LogP contribution < -0.4 is 5.32 Å². The van der Waals surface area contributed by atoms with Gasteiger partial charge in [-0.05, 0) is 19.1 Å². The zero-order valence-corrected chi connectivity index (χ0v) is 13.9. The number of benzene rings is 1. The van der Waals surface area contributed by atoms with Gasteiger partial charge in [-0.3, -0.25) is 0 Å². The van der Waals surface area contributed by atoms with Crippen molar-refractivity contribution < 1.29 is 18.3 Å². The van der Waals surface area contributed by atoms with Gasteiger partial charge in [0.05, 0.1) is 19.2 Å². The van der Waals surface area contributed by atoms with Gasteiger partial charge in [-0.1, -0.05) is 20.8 Å². The summed E-state index contributed by atoms with van der Waals surface area (Å²) in [5, 5.41) is 11.0. The number of anilines is 1. The maximum atomic E-state index is 13.9. The van der Waals surface area contributed by atoms with Crippen molar-refractivity contribution in [3.63, 3.8) is 0 Å². The molecule has 2 rings (SSSR count). The van der Waals surface area contributed by atoms with Crippen LogP contribution in [0.15, 0.2) is 16.5 Å². The Morgan fingerprint density at radius 3 is 2.61 bits per heavy atom. The largest absolute Gasteiger partial charge is 0.465 e. The Kier molecular flexibility index (Phi) is 4.68. The second kappa shape index (κ2) is 6.36. The van der Waals surface area contributed by atoms with E-state index in [0.717, 1.165) is 6.07 Å². The molecule has 1 aromatic carbocycles. The lowest BCUT2D eigenvalue weighted by Crippen LogP contribution is -2.11. The third kappa shape index (κ3) is 3.85. The number of nitrogens with one attached hydrogen (secondary N) is 1. The summed E-state index contributed by atoms with van der Waals surface area (Å²) in [6.07, 6.45) is 0. The van der Waals surface area contributed by atoms with Gasteiger partial charge >= 0.3 is 5.97 Å². The number of rotatable bonds is 4. The Labute approximate surface area is 134 Å². The predicted molar refractivity (Wildman–Crippen MR) is 82.8 cm³/mol. The number of hydrogen-bond donors (Lipinski definition) is 1. The van der Waals surface area contributed by atoms with Crippen LogP contribution in [-0.4, -0.2) is 23.3 Å². The standard InChI is InChI=1S/C16H20FN3O3/c1-9-11(17)6-10(14(21)22-5)7-12(9)18-8-13-19-20-15(23-13)16(2,3)4/h6-7,18H,8H2,1-5H3. The lowest BCUT2D eigenvalue weighted by Gasteiger charge is -2.12. The molecule has 0 amide bonds. The monoisotopic (exact) mass is 321 g/mol. The van der Waals surface area contributed by atoms with Gasteiger partial charge in [-0.15, -0.1) is 10.2 Å². The minimum atomic E-state index is -0.597. The fourth-order valence-electron chi connectivity index (χ4n) is 1.90. The summed E-state index contributed by atoms with van der Waals surface area (Å²) in [5.74, 6) is -0.171. The first-order valence-corrected chi connectivity index (χ1v) is 7.17. The van der Waals surface area contributed by atoms with Crippen LogP contribution in [0.1, 0.15) is 48.5 Å². The molecule has 0 atom stereocenters. The van der Waals surface area contributed by atoms with Crippen LogP contribution in [0.2, 0.25) is 0 Å². The molecule has 2 aromatic rings. The highest BCUT2D eigenvalue weighted by Gasteiger charge is 2.21. The number of hydrogen-bond acceptors (Lipinski definition) is 6. The predicted octanol–water partition coefficient (Wildman–Crippen LogP) is 3.21. The van der Waals surface area contributed by atoms with Crippen molar-refractivity contribution in [1.82, 2.24) is 10.2 Å². The smallest absolute Gasteiger partial charge is 0.338 e. The van der Waals surface area contributed by atoms with Crippen molar-refractivity contribution in [2.75, 3.05) is 12.4 Å². The molecule has 0 fully saturated rings. The Hall–Kier alpha value is -2.44. The van der Waals surface area contributed by atoms with Crippen molar-refractivity contribution in [2.45, 2.75) is 39.7 Å². The zero-order chi connectivity index (χ0) is 17.2. The molecule has 0 aliphatic rings. The fourth-order valence-corrected chi connectivity index (χ4v) is 1.90. The number of nitrogens with zero attached hydrogens (tertiary/aromatic N) is 2. The van der Waals surface area contributed by atoms with Crippen molar-refractivity contribution in [1.29, 1.82) is 0 Å². The quantitative estimate of drug-likeness (QED) is 0.871. The van der Waals surface area contributed by atoms with Crippen LogP contribution in [0.25, 0.3) is 0 Å². The molecule has 0 radical (unpaired) electrons. The lowest BCUT2D eigenvalue weighted by molar-refractivity contribution is 0.0600. The number of halogens is 1. The molecule has 1 N–H and O–H groups in total. The molecular weight excluding hydrogens is 301 g/mol. The Morgan fingerprint density at radius 1 is 1.35 bits per heavy atom. The molecule has 23 heavy (non-hydrogen) atoms. The van der Waals surface area contributed by atoms with E-state index in [2.05, 4.69) is 20.3 Å². The van der Waals surface area contributed by atoms with Gasteiger partial charge in [0.2, 0.25) is 11.8 Å². The maximum absolute atomic E-state index is 13.9. The van der Waals surface area contributed by atoms with E-state index < -0.39 is 11.8 Å². The summed E-state index contributed by atoms with van der Waals surface area (Å²) in [4.78, 5) is 11.6. The van der Waals surface area contributed by atoms with Crippen molar-refractivity contribution in [3.8, 4) is 0 Å². The van der Waals surface area contributed by atoms with E-state index in [1.54, 1.807) is 6.92 Å². The molecule has 1 aromatic heterocycles. The second-order valence-electron chi connectivity index (χ2n) is 6.23. The maximum Gasteiger partial charge on any atom is 0.338 e. The molecule has 0 aliphatic carbocycles. The van der Waals surface area contributed by atoms with Crippen LogP contribution in [0, 0.1) is 12.7 Å². The Morgan fingerprint density at radius 2 is 2.04 bits per heavy atom. The topological polar surface area (TPSA) is 77.2 Å². The summed E-state index contributed by atoms with van der Waals surface area (Å²) in [5.41, 5.74) is 0.770.